The van der Waals surface area contributed by atoms with Crippen LogP contribution in [0.3, 0.4) is 0 Å². The van der Waals surface area contributed by atoms with Crippen LogP contribution < -0.4 is 10.1 Å². The van der Waals surface area contributed by atoms with Crippen LogP contribution in [0.15, 0.2) is 30.3 Å². The molecule has 0 bridgehead atoms. The molecule has 1 unspecified atom stereocenters. The SMILES string of the molecule is CNC(C)(C#N)COCCOc1ccccc1. The fraction of sp³-hybridized carbons (Fsp3) is 0.462. The van der Waals surface area contributed by atoms with Crippen LogP contribution in [0, 0.1) is 11.3 Å². The highest BCUT2D eigenvalue weighted by Crippen LogP contribution is 2.08. The normalized spacial score (nSPS) is 13.7. The molecule has 17 heavy (non-hydrogen) atoms. The van der Waals surface area contributed by atoms with Crippen molar-refractivity contribution in [2.75, 3.05) is 26.9 Å². The number of likely N-dealkylation sites (N-methyl/N-ethyl adjacent to an activating group) is 1. The van der Waals surface area contributed by atoms with Crippen molar-refractivity contribution in [1.82, 2.24) is 5.32 Å². The summed E-state index contributed by atoms with van der Waals surface area (Å²) in [7, 11) is 1.74. The molecule has 0 aliphatic rings. The van der Waals surface area contributed by atoms with Crippen LogP contribution in [0.5, 0.6) is 5.75 Å². The van der Waals surface area contributed by atoms with E-state index in [1.165, 1.54) is 0 Å². The number of benzene rings is 1. The molecule has 0 radical (unpaired) electrons. The summed E-state index contributed by atoms with van der Waals surface area (Å²) in [6.45, 7) is 3.09. The maximum absolute atomic E-state index is 8.90. The van der Waals surface area contributed by atoms with Crippen LogP contribution in [0.25, 0.3) is 0 Å². The van der Waals surface area contributed by atoms with Gasteiger partial charge in [-0.3, -0.25) is 0 Å². The van der Waals surface area contributed by atoms with Gasteiger partial charge in [0.15, 0.2) is 0 Å². The average Bonchev–Trinajstić information content (AvgIpc) is 2.39. The Morgan fingerprint density at radius 2 is 2.00 bits per heavy atom. The molecule has 1 atom stereocenters. The maximum atomic E-state index is 8.90. The molecule has 4 heteroatoms. The molecule has 1 aromatic rings. The molecule has 0 amide bonds. The van der Waals surface area contributed by atoms with Crippen molar-refractivity contribution < 1.29 is 9.47 Å². The molecule has 92 valence electrons. The second kappa shape index (κ2) is 6.89. The zero-order valence-corrected chi connectivity index (χ0v) is 10.3. The minimum atomic E-state index is -0.632. The molecule has 0 fully saturated rings. The minimum Gasteiger partial charge on any atom is -0.491 e. The lowest BCUT2D eigenvalue weighted by Gasteiger charge is -2.20. The quantitative estimate of drug-likeness (QED) is 0.728. The fourth-order valence-corrected chi connectivity index (χ4v) is 1.17. The van der Waals surface area contributed by atoms with Crippen LogP contribution in [0.1, 0.15) is 6.92 Å². The van der Waals surface area contributed by atoms with Crippen LogP contribution in [-0.4, -0.2) is 32.4 Å². The number of nitriles is 1. The van der Waals surface area contributed by atoms with E-state index in [0.717, 1.165) is 5.75 Å². The third kappa shape index (κ3) is 4.85. The van der Waals surface area contributed by atoms with Crippen LogP contribution >= 0.6 is 0 Å². The first kappa shape index (κ1) is 13.5. The zero-order chi connectivity index (χ0) is 12.6. The maximum Gasteiger partial charge on any atom is 0.127 e. The Hall–Kier alpha value is -1.57. The van der Waals surface area contributed by atoms with E-state index < -0.39 is 5.54 Å². The van der Waals surface area contributed by atoms with E-state index >= 15 is 0 Å². The lowest BCUT2D eigenvalue weighted by molar-refractivity contribution is 0.0733. The second-order valence-electron chi connectivity index (χ2n) is 3.91. The van der Waals surface area contributed by atoms with Gasteiger partial charge in [-0.25, -0.2) is 0 Å². The first-order valence-corrected chi connectivity index (χ1v) is 5.56. The van der Waals surface area contributed by atoms with E-state index in [0.29, 0.717) is 19.8 Å². The second-order valence-corrected chi connectivity index (χ2v) is 3.91. The van der Waals surface area contributed by atoms with Crippen LogP contribution in [0.2, 0.25) is 0 Å². The van der Waals surface area contributed by atoms with Crippen molar-refractivity contribution in [2.24, 2.45) is 0 Å². The Balaban J connectivity index is 2.16. The van der Waals surface area contributed by atoms with E-state index in [4.69, 9.17) is 14.7 Å². The standard InChI is InChI=1S/C13H18N2O2/c1-13(10-14,15-2)11-16-8-9-17-12-6-4-3-5-7-12/h3-7,15H,8-9,11H2,1-2H3. The third-order valence-corrected chi connectivity index (χ3v) is 2.43. The summed E-state index contributed by atoms with van der Waals surface area (Å²) in [6.07, 6.45) is 0. The van der Waals surface area contributed by atoms with Gasteiger partial charge in [-0.05, 0) is 26.1 Å². The summed E-state index contributed by atoms with van der Waals surface area (Å²) < 4.78 is 10.9. The minimum absolute atomic E-state index is 0.345. The number of para-hydroxylation sites is 1. The first-order valence-electron chi connectivity index (χ1n) is 5.56. The van der Waals surface area contributed by atoms with Gasteiger partial charge < -0.3 is 14.8 Å². The lowest BCUT2D eigenvalue weighted by atomic mass is 10.1. The molecule has 1 rings (SSSR count). The van der Waals surface area contributed by atoms with Crippen LogP contribution in [0.4, 0.5) is 0 Å². The summed E-state index contributed by atoms with van der Waals surface area (Å²) in [5, 5.41) is 11.8. The number of ether oxygens (including phenoxy) is 2. The summed E-state index contributed by atoms with van der Waals surface area (Å²) in [6, 6.07) is 11.7. The Morgan fingerprint density at radius 3 is 2.59 bits per heavy atom. The van der Waals surface area contributed by atoms with Crippen molar-refractivity contribution in [3.05, 3.63) is 30.3 Å². The third-order valence-electron chi connectivity index (χ3n) is 2.43. The molecule has 0 saturated carbocycles. The Bertz CT molecular complexity index is 361. The van der Waals surface area contributed by atoms with E-state index in [1.807, 2.05) is 30.3 Å². The van der Waals surface area contributed by atoms with Crippen molar-refractivity contribution in [3.8, 4) is 11.8 Å². The van der Waals surface area contributed by atoms with Crippen molar-refractivity contribution in [3.63, 3.8) is 0 Å². The van der Waals surface area contributed by atoms with Gasteiger partial charge in [0.1, 0.15) is 17.9 Å². The Kier molecular flexibility index (Phi) is 5.47. The summed E-state index contributed by atoms with van der Waals surface area (Å²) in [4.78, 5) is 0. The highest BCUT2D eigenvalue weighted by molar-refractivity contribution is 5.20. The van der Waals surface area contributed by atoms with Crippen molar-refractivity contribution in [2.45, 2.75) is 12.5 Å². The Labute approximate surface area is 102 Å². The number of nitrogens with one attached hydrogen (secondary N) is 1. The predicted molar refractivity (Wildman–Crippen MR) is 65.8 cm³/mol. The van der Waals surface area contributed by atoms with Crippen LogP contribution in [-0.2, 0) is 4.74 Å². The van der Waals surface area contributed by atoms with Gasteiger partial charge in [0.05, 0.1) is 19.3 Å². The average molecular weight is 234 g/mol. The summed E-state index contributed by atoms with van der Waals surface area (Å²) >= 11 is 0. The molecular weight excluding hydrogens is 216 g/mol. The number of rotatable bonds is 7. The van der Waals surface area contributed by atoms with Gasteiger partial charge in [-0.1, -0.05) is 18.2 Å². The Morgan fingerprint density at radius 1 is 1.29 bits per heavy atom. The molecule has 0 aromatic heterocycles. The smallest absolute Gasteiger partial charge is 0.127 e. The number of hydrogen-bond donors (Lipinski definition) is 1. The number of hydrogen-bond acceptors (Lipinski definition) is 4. The van der Waals surface area contributed by atoms with Gasteiger partial charge in [0, 0.05) is 0 Å². The number of nitrogens with zero attached hydrogens (tertiary/aromatic N) is 1. The van der Waals surface area contributed by atoms with E-state index in [-0.39, 0.29) is 0 Å². The highest BCUT2D eigenvalue weighted by Gasteiger charge is 2.20. The van der Waals surface area contributed by atoms with Gasteiger partial charge in [-0.15, -0.1) is 0 Å². The molecule has 0 aliphatic carbocycles. The summed E-state index contributed by atoms with van der Waals surface area (Å²) in [5.41, 5.74) is -0.632. The predicted octanol–water partition coefficient (Wildman–Crippen LogP) is 1.58. The largest absolute Gasteiger partial charge is 0.491 e. The van der Waals surface area contributed by atoms with Gasteiger partial charge in [0.2, 0.25) is 0 Å². The lowest BCUT2D eigenvalue weighted by Crippen LogP contribution is -2.43. The molecule has 4 nitrogen and oxygen atoms in total. The van der Waals surface area contributed by atoms with Gasteiger partial charge >= 0.3 is 0 Å². The molecule has 1 aromatic carbocycles. The topological polar surface area (TPSA) is 54.3 Å². The van der Waals surface area contributed by atoms with Gasteiger partial charge in [-0.2, -0.15) is 5.26 Å². The fourth-order valence-electron chi connectivity index (χ4n) is 1.17. The van der Waals surface area contributed by atoms with Crippen molar-refractivity contribution in [1.29, 1.82) is 5.26 Å². The van der Waals surface area contributed by atoms with Gasteiger partial charge in [0.25, 0.3) is 0 Å². The molecule has 0 heterocycles. The van der Waals surface area contributed by atoms with E-state index in [1.54, 1.807) is 14.0 Å². The molecule has 0 saturated heterocycles. The summed E-state index contributed by atoms with van der Waals surface area (Å²) in [5.74, 6) is 0.827. The molecular formula is C13H18N2O2. The molecule has 0 spiro atoms. The van der Waals surface area contributed by atoms with E-state index in [9.17, 15) is 0 Å². The van der Waals surface area contributed by atoms with Crippen molar-refractivity contribution >= 4 is 0 Å². The molecule has 0 aliphatic heterocycles. The first-order chi connectivity index (χ1) is 8.20. The molecule has 1 N–H and O–H groups in total. The highest BCUT2D eigenvalue weighted by atomic mass is 16.5. The monoisotopic (exact) mass is 234 g/mol. The zero-order valence-electron chi connectivity index (χ0n) is 10.3. The van der Waals surface area contributed by atoms with E-state index in [2.05, 4.69) is 11.4 Å².